The molecular weight excluding hydrogens is 266 g/mol. The molecule has 7 heteroatoms. The fourth-order valence-corrected chi connectivity index (χ4v) is 2.74. The number of nitrogens with zero attached hydrogens (tertiary/aromatic N) is 1. The highest BCUT2D eigenvalue weighted by Gasteiger charge is 2.21. The summed E-state index contributed by atoms with van der Waals surface area (Å²) in [6.07, 6.45) is 0. The van der Waals surface area contributed by atoms with Gasteiger partial charge in [-0.3, -0.25) is 10.1 Å². The molecule has 0 fully saturated rings. The van der Waals surface area contributed by atoms with Gasteiger partial charge >= 0.3 is 0 Å². The number of nitro benzene ring substituents is 1. The van der Waals surface area contributed by atoms with Crippen molar-refractivity contribution in [3.05, 3.63) is 46.5 Å². The van der Waals surface area contributed by atoms with Crippen molar-refractivity contribution in [2.24, 2.45) is 0 Å². The van der Waals surface area contributed by atoms with Crippen molar-refractivity contribution in [3.63, 3.8) is 0 Å². The molecule has 0 amide bonds. The van der Waals surface area contributed by atoms with Gasteiger partial charge in [-0.05, 0) is 11.5 Å². The van der Waals surface area contributed by atoms with E-state index < -0.39 is 14.0 Å². The number of nitro groups is 1. The van der Waals surface area contributed by atoms with Crippen LogP contribution in [0.4, 0.5) is 5.69 Å². The Morgan fingerprint density at radius 2 is 1.71 bits per heavy atom. The highest BCUT2D eigenvalue weighted by Crippen LogP contribution is 2.32. The summed E-state index contributed by atoms with van der Waals surface area (Å²) in [5.74, 6) is 0. The van der Waals surface area contributed by atoms with Crippen LogP contribution in [0.2, 0.25) is 0 Å². The van der Waals surface area contributed by atoms with Gasteiger partial charge in [0.1, 0.15) is 0 Å². The van der Waals surface area contributed by atoms with Crippen molar-refractivity contribution in [3.8, 4) is 0 Å². The second kappa shape index (κ2) is 3.97. The van der Waals surface area contributed by atoms with Crippen molar-refractivity contribution in [2.75, 3.05) is 0 Å². The average Bonchev–Trinajstić information content (AvgIpc) is 2.26. The summed E-state index contributed by atoms with van der Waals surface area (Å²) in [6, 6.07) is 8.65. The van der Waals surface area contributed by atoms with Crippen LogP contribution < -0.4 is 0 Å². The summed E-state index contributed by atoms with van der Waals surface area (Å²) in [5.41, 5.74) is -0.276. The highest BCUT2D eigenvalue weighted by molar-refractivity contribution is 8.14. The molecule has 2 rings (SSSR count). The predicted octanol–water partition coefficient (Wildman–Crippen LogP) is 2.68. The van der Waals surface area contributed by atoms with Gasteiger partial charge in [-0.2, -0.15) is 0 Å². The smallest absolute Gasteiger partial charge is 0.258 e. The van der Waals surface area contributed by atoms with Gasteiger partial charge in [0.05, 0.1) is 15.2 Å². The quantitative estimate of drug-likeness (QED) is 0.478. The lowest BCUT2D eigenvalue weighted by atomic mass is 10.1. The Kier molecular flexibility index (Phi) is 2.76. The Balaban J connectivity index is 3.01. The second-order valence-corrected chi connectivity index (χ2v) is 5.86. The van der Waals surface area contributed by atoms with Crippen molar-refractivity contribution < 1.29 is 13.3 Å². The van der Waals surface area contributed by atoms with Gasteiger partial charge in [-0.15, -0.1) is 0 Å². The van der Waals surface area contributed by atoms with Crippen LogP contribution in [0.25, 0.3) is 10.8 Å². The maximum Gasteiger partial charge on any atom is 0.278 e. The van der Waals surface area contributed by atoms with Crippen molar-refractivity contribution in [1.29, 1.82) is 0 Å². The van der Waals surface area contributed by atoms with E-state index in [1.165, 1.54) is 24.3 Å². The lowest BCUT2D eigenvalue weighted by Gasteiger charge is -2.03. The van der Waals surface area contributed by atoms with E-state index >= 15 is 0 Å². The molecule has 0 bridgehead atoms. The molecule has 0 aromatic heterocycles. The van der Waals surface area contributed by atoms with Crippen molar-refractivity contribution >= 4 is 36.2 Å². The first-order valence-electron chi connectivity index (χ1n) is 4.52. The molecule has 88 valence electrons. The first-order valence-corrected chi connectivity index (χ1v) is 6.83. The lowest BCUT2D eigenvalue weighted by Crippen LogP contribution is -1.96. The molecule has 0 unspecified atom stereocenters. The predicted molar refractivity (Wildman–Crippen MR) is 63.6 cm³/mol. The molecule has 0 aliphatic rings. The van der Waals surface area contributed by atoms with Crippen LogP contribution in [0.1, 0.15) is 0 Å². The molecule has 0 aliphatic carbocycles. The van der Waals surface area contributed by atoms with Gasteiger partial charge < -0.3 is 0 Å². The minimum Gasteiger partial charge on any atom is -0.258 e. The molecule has 5 nitrogen and oxygen atoms in total. The van der Waals surface area contributed by atoms with E-state index in [2.05, 4.69) is 0 Å². The van der Waals surface area contributed by atoms with Crippen LogP contribution >= 0.6 is 10.7 Å². The Morgan fingerprint density at radius 3 is 2.24 bits per heavy atom. The maximum atomic E-state index is 11.4. The summed E-state index contributed by atoms with van der Waals surface area (Å²) in [7, 11) is 1.25. The molecule has 0 aliphatic heterocycles. The molecule has 2 aromatic rings. The average molecular weight is 272 g/mol. The summed E-state index contributed by atoms with van der Waals surface area (Å²) in [4.78, 5) is 9.98. The fourth-order valence-electron chi connectivity index (χ4n) is 1.64. The van der Waals surface area contributed by atoms with Crippen LogP contribution in [-0.4, -0.2) is 13.3 Å². The third-order valence-electron chi connectivity index (χ3n) is 2.30. The van der Waals surface area contributed by atoms with E-state index in [-0.39, 0.29) is 16.0 Å². The van der Waals surface area contributed by atoms with Crippen molar-refractivity contribution in [1.82, 2.24) is 0 Å². The maximum absolute atomic E-state index is 11.4. The van der Waals surface area contributed by atoms with Gasteiger partial charge in [0.15, 0.2) is 0 Å². The summed E-state index contributed by atoms with van der Waals surface area (Å²) in [5, 5.41) is 11.4. The molecule has 0 heterocycles. The zero-order valence-electron chi connectivity index (χ0n) is 8.33. The first kappa shape index (κ1) is 11.8. The highest BCUT2D eigenvalue weighted by atomic mass is 35.7. The van der Waals surface area contributed by atoms with E-state index in [9.17, 15) is 18.5 Å². The molecule has 17 heavy (non-hydrogen) atoms. The van der Waals surface area contributed by atoms with Crippen LogP contribution in [0.5, 0.6) is 0 Å². The summed E-state index contributed by atoms with van der Waals surface area (Å²) in [6.45, 7) is 0. The molecule has 0 N–H and O–H groups in total. The third-order valence-corrected chi connectivity index (χ3v) is 3.67. The molecule has 0 spiro atoms. The van der Waals surface area contributed by atoms with Crippen LogP contribution in [0, 0.1) is 10.1 Å². The Hall–Kier alpha value is -1.66. The Bertz CT molecular complexity index is 706. The SMILES string of the molecule is O=[N+]([O-])c1cccc2cccc(S(=O)(=O)Cl)c12. The van der Waals surface area contributed by atoms with E-state index in [0.717, 1.165) is 0 Å². The largest absolute Gasteiger partial charge is 0.278 e. The molecular formula is C10H6ClNO4S. The van der Waals surface area contributed by atoms with Crippen molar-refractivity contribution in [2.45, 2.75) is 4.90 Å². The van der Waals surface area contributed by atoms with E-state index in [0.29, 0.717) is 5.39 Å². The van der Waals surface area contributed by atoms with Gasteiger partial charge in [0.2, 0.25) is 0 Å². The third kappa shape index (κ3) is 2.09. The minimum absolute atomic E-state index is 0.0370. The monoisotopic (exact) mass is 271 g/mol. The molecule has 0 radical (unpaired) electrons. The standard InChI is InChI=1S/C10H6ClNO4S/c11-17(15,16)9-6-2-4-7-3-1-5-8(10(7)9)12(13)14/h1-6H. The molecule has 0 atom stereocenters. The number of hydrogen-bond donors (Lipinski definition) is 0. The van der Waals surface area contributed by atoms with Gasteiger partial charge in [0, 0.05) is 16.7 Å². The summed E-state index contributed by atoms with van der Waals surface area (Å²) < 4.78 is 22.7. The van der Waals surface area contributed by atoms with E-state index in [1.807, 2.05) is 0 Å². The fraction of sp³-hybridized carbons (Fsp3) is 0. The number of halogens is 1. The van der Waals surface area contributed by atoms with Crippen LogP contribution in [-0.2, 0) is 9.05 Å². The Morgan fingerprint density at radius 1 is 1.12 bits per heavy atom. The van der Waals surface area contributed by atoms with Crippen LogP contribution in [0.15, 0.2) is 41.3 Å². The van der Waals surface area contributed by atoms with Crippen LogP contribution in [0.3, 0.4) is 0 Å². The molecule has 0 saturated heterocycles. The number of fused-ring (bicyclic) bond motifs is 1. The topological polar surface area (TPSA) is 77.3 Å². The van der Waals surface area contributed by atoms with Gasteiger partial charge in [-0.1, -0.05) is 24.3 Å². The second-order valence-electron chi connectivity index (χ2n) is 3.33. The Labute approximate surface area is 101 Å². The molecule has 2 aromatic carbocycles. The number of benzene rings is 2. The normalized spacial score (nSPS) is 11.6. The summed E-state index contributed by atoms with van der Waals surface area (Å²) >= 11 is 0. The van der Waals surface area contributed by atoms with Gasteiger partial charge in [0.25, 0.3) is 14.7 Å². The first-order chi connectivity index (χ1) is 7.91. The molecule has 0 saturated carbocycles. The van der Waals surface area contributed by atoms with E-state index in [4.69, 9.17) is 10.7 Å². The number of non-ortho nitro benzene ring substituents is 1. The zero-order valence-corrected chi connectivity index (χ0v) is 9.90. The number of hydrogen-bond acceptors (Lipinski definition) is 4. The van der Waals surface area contributed by atoms with E-state index in [1.54, 1.807) is 12.1 Å². The van der Waals surface area contributed by atoms with Gasteiger partial charge in [-0.25, -0.2) is 8.42 Å². The lowest BCUT2D eigenvalue weighted by molar-refractivity contribution is -0.383. The minimum atomic E-state index is -4.02. The number of rotatable bonds is 2. The zero-order chi connectivity index (χ0) is 12.6.